The van der Waals surface area contributed by atoms with Gasteiger partial charge in [-0.3, -0.25) is 38.3 Å². The smallest absolute Gasteiger partial charge is 0.248 e. The van der Waals surface area contributed by atoms with E-state index >= 15 is 0 Å². The summed E-state index contributed by atoms with van der Waals surface area (Å²) < 4.78 is 25.0. The van der Waals surface area contributed by atoms with Crippen LogP contribution >= 0.6 is 22.7 Å². The third-order valence-electron chi connectivity index (χ3n) is 18.1. The van der Waals surface area contributed by atoms with Crippen LogP contribution < -0.4 is 8.34 Å². The molecule has 514 valence electrons. The number of nitrogens with one attached hydrogen (secondary N) is 2. The van der Waals surface area contributed by atoms with E-state index in [1.807, 2.05) is 96.9 Å². The number of fused-ring (bicyclic) bond motifs is 9. The number of rotatable bonds is 17. The molecular formula is C74H90N14O7S2Sn. The molecule has 6 aliphatic heterocycles. The zero-order valence-corrected chi connectivity index (χ0v) is 62.1. The van der Waals surface area contributed by atoms with Gasteiger partial charge in [0.1, 0.15) is 42.4 Å². The first-order chi connectivity index (χ1) is 47.8. The summed E-state index contributed by atoms with van der Waals surface area (Å²) in [6.07, 6.45) is 30.8. The van der Waals surface area contributed by atoms with E-state index in [0.29, 0.717) is 45.3 Å². The van der Waals surface area contributed by atoms with E-state index in [0.717, 1.165) is 86.5 Å². The van der Waals surface area contributed by atoms with Crippen LogP contribution in [0.25, 0.3) is 27.7 Å². The van der Waals surface area contributed by atoms with Gasteiger partial charge in [-0.25, -0.2) is 19.9 Å². The third-order valence-corrected chi connectivity index (χ3v) is 37.6. The Bertz CT molecular complexity index is 4150. The van der Waals surface area contributed by atoms with E-state index < -0.39 is 18.4 Å². The fourth-order valence-electron chi connectivity index (χ4n) is 13.1. The molecule has 0 radical (unpaired) electrons. The standard InChI is InChI=1S/C21H19N5O2S.C19H20N4O2.C14H14N2O2.C5H8N2O.3C4H9.C3H2NS.Sn/c1-28-12-14-11-25(13-24-14)19-9-18-16-3-2-4-17(21-22-6-8-29-21)15(16)5-7-26(18)20(27)10-23-19;1-13-4-3-5-16-15(13)6-7-23-17(16)8-18(20-9-19(23)24)22-10-14(11-25-2)21-12-22;1-9-3-2-4-11-10(9)5-6-16-12(11)7-13(17)15-8-14(16)18;1-8-3-5-2-6-4-7-5;3*1-3-4-2;1-2-5-3-4-1;/h2-4,6,8-9,11,13H,5,7,10,12H2,1H3;3-5,8,10,12H,6-7,9,11H2,1-2H3;2-4,7H,5-6,8H2,1H3,(H,15,17);2,4H,3H2,1H3,(H,6,7);3*1,3-4H2,2H3;1-2H;. The number of benzene rings is 3. The topological polar surface area (TPSA) is 233 Å². The summed E-state index contributed by atoms with van der Waals surface area (Å²) in [5.41, 5.74) is 15.8. The number of hydrogen-bond acceptors (Lipinski definition) is 16. The Morgan fingerprint density at radius 1 is 0.551 bits per heavy atom. The number of imidazole rings is 3. The number of nitrogens with zero attached hydrogens (tertiary/aromatic N) is 12. The number of carbonyl (C=O) groups excluding carboxylic acids is 4. The zero-order chi connectivity index (χ0) is 69.0. The molecule has 0 bridgehead atoms. The Morgan fingerprint density at radius 2 is 1.03 bits per heavy atom. The van der Waals surface area contributed by atoms with E-state index in [4.69, 9.17) is 19.2 Å². The second-order valence-corrected chi connectivity index (χ2v) is 40.5. The maximum atomic E-state index is 12.8. The summed E-state index contributed by atoms with van der Waals surface area (Å²) >= 11 is 1.47. The Labute approximate surface area is 586 Å². The number of hydrogen-bond donors (Lipinski definition) is 2. The molecule has 98 heavy (non-hydrogen) atoms. The minimum absolute atomic E-state index is 0.00813. The number of allylic oxidation sites excluding steroid dienone is 2. The Morgan fingerprint density at radius 3 is 1.51 bits per heavy atom. The van der Waals surface area contributed by atoms with Gasteiger partial charge in [-0.05, 0) is 60.9 Å². The summed E-state index contributed by atoms with van der Waals surface area (Å²) in [5.74, 6) is 1.21. The molecule has 0 saturated carbocycles. The van der Waals surface area contributed by atoms with Crippen LogP contribution in [0.4, 0.5) is 0 Å². The molecule has 24 heteroatoms. The Kier molecular flexibility index (Phi) is 26.2. The van der Waals surface area contributed by atoms with Crippen molar-refractivity contribution in [2.45, 2.75) is 126 Å². The predicted octanol–water partition coefficient (Wildman–Crippen LogP) is 11.5. The van der Waals surface area contributed by atoms with E-state index in [1.54, 1.807) is 79.1 Å². The fraction of sp³-hybridized carbons (Fsp3) is 0.392. The molecular weight excluding hydrogens is 1380 g/mol. The van der Waals surface area contributed by atoms with Crippen molar-refractivity contribution >= 4 is 96.5 Å². The molecule has 0 atom stereocenters. The number of aromatic amines is 1. The largest absolute Gasteiger partial charge is 0.378 e. The number of amides is 4. The number of carbonyl (C=O) groups is 4. The van der Waals surface area contributed by atoms with Gasteiger partial charge in [0, 0.05) is 105 Å². The third kappa shape index (κ3) is 17.7. The number of ether oxygens (including phenoxy) is 3. The van der Waals surface area contributed by atoms with Crippen LogP contribution in [0, 0.1) is 13.8 Å². The van der Waals surface area contributed by atoms with E-state index in [2.05, 4.69) is 111 Å². The van der Waals surface area contributed by atoms with Crippen molar-refractivity contribution in [3.63, 3.8) is 0 Å². The van der Waals surface area contributed by atoms with Crippen molar-refractivity contribution in [2.24, 2.45) is 9.98 Å². The van der Waals surface area contributed by atoms with Gasteiger partial charge < -0.3 is 39.2 Å². The molecule has 4 amide bonds. The second-order valence-electron chi connectivity index (χ2n) is 24.8. The van der Waals surface area contributed by atoms with Gasteiger partial charge in [0.25, 0.3) is 0 Å². The first kappa shape index (κ1) is 72.4. The summed E-state index contributed by atoms with van der Waals surface area (Å²) in [6.45, 7) is 15.0. The first-order valence-electron chi connectivity index (χ1n) is 33.8. The van der Waals surface area contributed by atoms with Crippen molar-refractivity contribution in [1.29, 1.82) is 0 Å². The Balaban J connectivity index is 0.000000139. The quantitative estimate of drug-likeness (QED) is 0.0811. The van der Waals surface area contributed by atoms with Crippen LogP contribution in [0.5, 0.6) is 0 Å². The minimum atomic E-state index is -2.12. The van der Waals surface area contributed by atoms with Gasteiger partial charge in [0.2, 0.25) is 23.6 Å². The van der Waals surface area contributed by atoms with Crippen LogP contribution in [0.2, 0.25) is 13.3 Å². The summed E-state index contributed by atoms with van der Waals surface area (Å²) in [5, 5.41) is 7.78. The maximum absolute atomic E-state index is 12.8. The zero-order valence-electron chi connectivity index (χ0n) is 57.6. The van der Waals surface area contributed by atoms with Gasteiger partial charge >= 0.3 is 122 Å². The van der Waals surface area contributed by atoms with Gasteiger partial charge in [-0.1, -0.05) is 54.6 Å². The van der Waals surface area contributed by atoms with Crippen LogP contribution in [-0.2, 0) is 72.5 Å². The SMILES string of the molecule is CCC[CH2][Sn]([CH2]CCC)([CH2]CCC)[c]1nccs1.COCc1cn(C2=NCC(=O)N3CCc4c(C)cccc4C3=C2)cn1.COCc1cn(C2=NCC(=O)N3CCc4c(cccc4-c4nccs4)C3=C2)cn1.COCc1cnc[nH]1.Cc1cccc2c1CCN1C(=O)CNC(=O)C=C21. The Hall–Kier alpha value is -8.33. The molecule has 11 heterocycles. The van der Waals surface area contributed by atoms with Crippen molar-refractivity contribution in [3.05, 3.63) is 195 Å². The van der Waals surface area contributed by atoms with Gasteiger partial charge in [-0.2, -0.15) is 0 Å². The number of aryl methyl sites for hydroxylation is 2. The number of methoxy groups -OCH3 is 3. The average molecular weight is 1470 g/mol. The predicted molar refractivity (Wildman–Crippen MR) is 390 cm³/mol. The van der Waals surface area contributed by atoms with Gasteiger partial charge in [0.15, 0.2) is 0 Å². The molecule has 0 unspecified atom stereocenters. The summed E-state index contributed by atoms with van der Waals surface area (Å²) in [4.78, 5) is 88.0. The van der Waals surface area contributed by atoms with Crippen molar-refractivity contribution < 1.29 is 33.4 Å². The summed E-state index contributed by atoms with van der Waals surface area (Å²) in [7, 11) is 4.93. The molecule has 3 aromatic carbocycles. The van der Waals surface area contributed by atoms with E-state index in [-0.39, 0.29) is 43.3 Å². The molecule has 2 N–H and O–H groups in total. The molecule has 5 aromatic heterocycles. The minimum Gasteiger partial charge on any atom is -0.378 e. The molecule has 0 spiro atoms. The van der Waals surface area contributed by atoms with Crippen molar-refractivity contribution in [3.8, 4) is 10.6 Å². The molecule has 0 aliphatic carbocycles. The number of unbranched alkanes of at least 4 members (excludes halogenated alkanes) is 3. The van der Waals surface area contributed by atoms with Gasteiger partial charge in [0.05, 0.1) is 73.1 Å². The molecule has 0 saturated heterocycles. The van der Waals surface area contributed by atoms with Crippen LogP contribution in [-0.4, -0.2) is 168 Å². The fourth-order valence-corrected chi connectivity index (χ4v) is 33.0. The molecule has 6 aliphatic rings. The van der Waals surface area contributed by atoms with Crippen molar-refractivity contribution in [2.75, 3.05) is 60.6 Å². The second kappa shape index (κ2) is 35.4. The number of thiazole rings is 2. The monoisotopic (exact) mass is 1470 g/mol. The summed E-state index contributed by atoms with van der Waals surface area (Å²) in [6, 6.07) is 18.5. The van der Waals surface area contributed by atoms with E-state index in [9.17, 15) is 19.2 Å². The molecule has 14 rings (SSSR count). The molecule has 21 nitrogen and oxygen atoms in total. The first-order valence-corrected chi connectivity index (χ1v) is 43.1. The number of aromatic nitrogens is 8. The van der Waals surface area contributed by atoms with E-state index in [1.165, 1.54) is 72.4 Å². The van der Waals surface area contributed by atoms with Gasteiger partial charge in [-0.15, -0.1) is 11.3 Å². The van der Waals surface area contributed by atoms with Crippen LogP contribution in [0.15, 0.2) is 144 Å². The average Bonchev–Trinajstić information content (AvgIpc) is 1.36. The van der Waals surface area contributed by atoms with Crippen LogP contribution in [0.3, 0.4) is 0 Å². The number of aliphatic imine (C=N–C) groups is 2. The van der Waals surface area contributed by atoms with Crippen LogP contribution in [0.1, 0.15) is 121 Å². The normalized spacial score (nSPS) is 15.4. The molecule has 8 aromatic rings. The number of H-pyrrole nitrogens is 1. The van der Waals surface area contributed by atoms with Crippen molar-refractivity contribution in [1.82, 2.24) is 59.1 Å². The molecule has 0 fully saturated rings. The maximum Gasteiger partial charge on any atom is 0.248 e.